The summed E-state index contributed by atoms with van der Waals surface area (Å²) in [6.45, 7) is 4.61. The van der Waals surface area contributed by atoms with Gasteiger partial charge in [-0.05, 0) is 39.3 Å². The summed E-state index contributed by atoms with van der Waals surface area (Å²) in [6, 6.07) is 9.51. The predicted molar refractivity (Wildman–Crippen MR) is 147 cm³/mol. The summed E-state index contributed by atoms with van der Waals surface area (Å²) in [7, 11) is 0. The van der Waals surface area contributed by atoms with Crippen LogP contribution in [0.4, 0.5) is 4.79 Å². The number of hydrogen-bond donors (Lipinski definition) is 3. The van der Waals surface area contributed by atoms with Crippen molar-refractivity contribution in [2.75, 3.05) is 45.9 Å². The SMILES string of the molecule is CCOC(=O)N1CCN(C(=O)[C@H](CCC(=O)O)NC(=O)c2cc(OC3CCNCC3)nc(-c3ccccc3)n2)CC1. The second-order valence-electron chi connectivity index (χ2n) is 9.82. The quantitative estimate of drug-likeness (QED) is 0.383. The van der Waals surface area contributed by atoms with Crippen LogP contribution in [-0.2, 0) is 14.3 Å². The average Bonchev–Trinajstić information content (AvgIpc) is 2.99. The lowest BCUT2D eigenvalue weighted by Crippen LogP contribution is -2.56. The number of nitrogens with one attached hydrogen (secondary N) is 2. The van der Waals surface area contributed by atoms with Gasteiger partial charge in [0.15, 0.2) is 5.82 Å². The van der Waals surface area contributed by atoms with E-state index in [0.717, 1.165) is 25.9 Å². The smallest absolute Gasteiger partial charge is 0.409 e. The number of carboxylic acid groups (broad SMARTS) is 1. The number of rotatable bonds is 10. The number of piperazine rings is 1. The van der Waals surface area contributed by atoms with E-state index in [1.807, 2.05) is 30.3 Å². The molecule has 0 saturated carbocycles. The number of aliphatic carboxylic acids is 1. The van der Waals surface area contributed by atoms with E-state index in [2.05, 4.69) is 20.6 Å². The van der Waals surface area contributed by atoms with Gasteiger partial charge in [0.25, 0.3) is 5.91 Å². The first kappa shape index (κ1) is 29.7. The van der Waals surface area contributed by atoms with E-state index in [-0.39, 0.29) is 63.3 Å². The van der Waals surface area contributed by atoms with Gasteiger partial charge in [-0.25, -0.2) is 9.78 Å². The summed E-state index contributed by atoms with van der Waals surface area (Å²) in [5.41, 5.74) is 0.693. The molecule has 1 aromatic heterocycles. The van der Waals surface area contributed by atoms with E-state index in [4.69, 9.17) is 9.47 Å². The Bertz CT molecular complexity index is 1210. The molecule has 3 heterocycles. The number of nitrogens with zero attached hydrogens (tertiary/aromatic N) is 4. The fourth-order valence-corrected chi connectivity index (χ4v) is 4.70. The number of piperidine rings is 1. The van der Waals surface area contributed by atoms with Crippen LogP contribution in [0.1, 0.15) is 43.1 Å². The first-order valence-corrected chi connectivity index (χ1v) is 13.9. The number of ether oxygens (including phenoxy) is 2. The lowest BCUT2D eigenvalue weighted by Gasteiger charge is -2.35. The maximum Gasteiger partial charge on any atom is 0.409 e. The van der Waals surface area contributed by atoms with Crippen molar-refractivity contribution in [3.63, 3.8) is 0 Å². The molecular formula is C28H36N6O7. The van der Waals surface area contributed by atoms with Crippen molar-refractivity contribution < 1.29 is 33.8 Å². The van der Waals surface area contributed by atoms with E-state index in [1.54, 1.807) is 6.92 Å². The molecule has 13 heteroatoms. The summed E-state index contributed by atoms with van der Waals surface area (Å²) in [4.78, 5) is 62.3. The maximum atomic E-state index is 13.5. The first-order chi connectivity index (χ1) is 19.8. The van der Waals surface area contributed by atoms with Crippen LogP contribution in [0.15, 0.2) is 36.4 Å². The van der Waals surface area contributed by atoms with Crippen molar-refractivity contribution in [3.05, 3.63) is 42.1 Å². The second kappa shape index (κ2) is 14.4. The molecule has 0 spiro atoms. The average molecular weight is 569 g/mol. The molecule has 2 aromatic rings. The van der Waals surface area contributed by atoms with E-state index in [9.17, 15) is 24.3 Å². The van der Waals surface area contributed by atoms with Gasteiger partial charge in [-0.1, -0.05) is 30.3 Å². The van der Waals surface area contributed by atoms with Crippen molar-refractivity contribution in [1.82, 2.24) is 30.4 Å². The molecule has 2 aliphatic rings. The van der Waals surface area contributed by atoms with Gasteiger partial charge >= 0.3 is 12.1 Å². The molecule has 2 fully saturated rings. The monoisotopic (exact) mass is 568 g/mol. The standard InChI is InChI=1S/C28H36N6O7/c1-2-40-28(39)34-16-14-33(15-17-34)27(38)21(8-9-24(35)36)31-26(37)22-18-23(41-20-10-12-29-13-11-20)32-25(30-22)19-6-4-3-5-7-19/h3-7,18,20-21,29H,2,8-17H2,1H3,(H,31,37)(H,35,36)/t21-/m0/s1. The Morgan fingerprint density at radius 2 is 1.73 bits per heavy atom. The minimum absolute atomic E-state index is 0.00282. The molecular weight excluding hydrogens is 532 g/mol. The molecule has 3 N–H and O–H groups in total. The first-order valence-electron chi connectivity index (χ1n) is 13.9. The third kappa shape index (κ3) is 8.37. The van der Waals surface area contributed by atoms with Gasteiger partial charge in [-0.15, -0.1) is 0 Å². The van der Waals surface area contributed by atoms with Gasteiger partial charge in [0, 0.05) is 44.2 Å². The normalized spacial score (nSPS) is 16.5. The second-order valence-corrected chi connectivity index (χ2v) is 9.82. The number of aromatic nitrogens is 2. The lowest BCUT2D eigenvalue weighted by molar-refractivity contribution is -0.138. The van der Waals surface area contributed by atoms with Crippen LogP contribution < -0.4 is 15.4 Å². The van der Waals surface area contributed by atoms with Crippen LogP contribution >= 0.6 is 0 Å². The van der Waals surface area contributed by atoms with Gasteiger partial charge in [0.05, 0.1) is 6.61 Å². The molecule has 4 rings (SSSR count). The number of benzene rings is 1. The van der Waals surface area contributed by atoms with E-state index < -0.39 is 29.9 Å². The summed E-state index contributed by atoms with van der Waals surface area (Å²) >= 11 is 0. The zero-order chi connectivity index (χ0) is 29.2. The third-order valence-corrected chi connectivity index (χ3v) is 6.91. The van der Waals surface area contributed by atoms with Crippen LogP contribution in [-0.4, -0.2) is 107 Å². The number of amides is 3. The highest BCUT2D eigenvalue weighted by Gasteiger charge is 2.31. The van der Waals surface area contributed by atoms with Crippen molar-refractivity contribution in [1.29, 1.82) is 0 Å². The molecule has 0 aliphatic carbocycles. The fourth-order valence-electron chi connectivity index (χ4n) is 4.70. The highest BCUT2D eigenvalue weighted by molar-refractivity contribution is 5.96. The third-order valence-electron chi connectivity index (χ3n) is 6.91. The number of carbonyl (C=O) groups is 4. The van der Waals surface area contributed by atoms with Crippen molar-refractivity contribution in [2.24, 2.45) is 0 Å². The Morgan fingerprint density at radius 1 is 1.05 bits per heavy atom. The lowest BCUT2D eigenvalue weighted by atomic mass is 10.1. The Morgan fingerprint density at radius 3 is 2.39 bits per heavy atom. The summed E-state index contributed by atoms with van der Waals surface area (Å²) in [6.07, 6.45) is 0.651. The minimum atomic E-state index is -1.10. The van der Waals surface area contributed by atoms with E-state index in [0.29, 0.717) is 11.4 Å². The zero-order valence-corrected chi connectivity index (χ0v) is 23.1. The Kier molecular flexibility index (Phi) is 10.4. The molecule has 220 valence electrons. The summed E-state index contributed by atoms with van der Waals surface area (Å²) in [5, 5.41) is 15.2. The van der Waals surface area contributed by atoms with Gasteiger partial charge < -0.3 is 35.0 Å². The van der Waals surface area contributed by atoms with Gasteiger partial charge in [0.2, 0.25) is 11.8 Å². The highest BCUT2D eigenvalue weighted by Crippen LogP contribution is 2.22. The topological polar surface area (TPSA) is 163 Å². The molecule has 13 nitrogen and oxygen atoms in total. The predicted octanol–water partition coefficient (Wildman–Crippen LogP) is 1.54. The molecule has 1 aromatic carbocycles. The Balaban J connectivity index is 1.52. The summed E-state index contributed by atoms with van der Waals surface area (Å²) < 4.78 is 11.1. The van der Waals surface area contributed by atoms with Crippen LogP contribution in [0.2, 0.25) is 0 Å². The maximum absolute atomic E-state index is 13.5. The molecule has 1 atom stereocenters. The molecule has 2 saturated heterocycles. The van der Waals surface area contributed by atoms with E-state index >= 15 is 0 Å². The fraction of sp³-hybridized carbons (Fsp3) is 0.500. The number of hydrogen-bond acceptors (Lipinski definition) is 9. The van der Waals surface area contributed by atoms with Crippen molar-refractivity contribution in [3.8, 4) is 17.3 Å². The molecule has 2 aliphatic heterocycles. The van der Waals surface area contributed by atoms with Crippen molar-refractivity contribution in [2.45, 2.75) is 44.8 Å². The van der Waals surface area contributed by atoms with Crippen LogP contribution in [0.5, 0.6) is 5.88 Å². The van der Waals surface area contributed by atoms with Crippen molar-refractivity contribution >= 4 is 23.9 Å². The molecule has 3 amide bonds. The van der Waals surface area contributed by atoms with Crippen LogP contribution in [0.25, 0.3) is 11.4 Å². The van der Waals surface area contributed by atoms with Crippen LogP contribution in [0, 0.1) is 0 Å². The molecule has 41 heavy (non-hydrogen) atoms. The molecule has 0 bridgehead atoms. The van der Waals surface area contributed by atoms with E-state index in [1.165, 1.54) is 15.9 Å². The zero-order valence-electron chi connectivity index (χ0n) is 23.1. The Labute approximate surface area is 238 Å². The van der Waals surface area contributed by atoms with Gasteiger partial charge in [-0.2, -0.15) is 4.98 Å². The highest BCUT2D eigenvalue weighted by atomic mass is 16.6. The summed E-state index contributed by atoms with van der Waals surface area (Å²) in [5.74, 6) is -1.61. The molecule has 0 unspecified atom stereocenters. The largest absolute Gasteiger partial charge is 0.481 e. The minimum Gasteiger partial charge on any atom is -0.481 e. The van der Waals surface area contributed by atoms with Gasteiger partial charge in [-0.3, -0.25) is 14.4 Å². The number of carboxylic acids is 1. The number of carbonyl (C=O) groups excluding carboxylic acids is 3. The van der Waals surface area contributed by atoms with Gasteiger partial charge in [0.1, 0.15) is 17.8 Å². The molecule has 0 radical (unpaired) electrons. The van der Waals surface area contributed by atoms with Crippen LogP contribution in [0.3, 0.4) is 0 Å². The Hall–Kier alpha value is -4.26.